The van der Waals surface area contributed by atoms with E-state index >= 15 is 0 Å². The number of amides is 2. The summed E-state index contributed by atoms with van der Waals surface area (Å²) in [4.78, 5) is 23.2. The third kappa shape index (κ3) is 6.73. The van der Waals surface area contributed by atoms with Gasteiger partial charge in [-0.25, -0.2) is 4.79 Å². The lowest BCUT2D eigenvalue weighted by molar-refractivity contribution is -0.130. The molecule has 0 radical (unpaired) electrons. The van der Waals surface area contributed by atoms with Gasteiger partial charge in [-0.1, -0.05) is 0 Å². The van der Waals surface area contributed by atoms with Crippen molar-refractivity contribution in [3.05, 3.63) is 0 Å². The van der Waals surface area contributed by atoms with Crippen molar-refractivity contribution in [1.82, 2.24) is 10.2 Å². The second kappa shape index (κ2) is 7.05. The molecule has 0 aliphatic carbocycles. The quantitative estimate of drug-likeness (QED) is 0.589. The van der Waals surface area contributed by atoms with Crippen LogP contribution in [0.15, 0.2) is 0 Å². The first-order chi connectivity index (χ1) is 6.95. The smallest absolute Gasteiger partial charge is 0.404 e. The molecule has 88 valence electrons. The average Bonchev–Trinajstić information content (AvgIpc) is 2.15. The summed E-state index contributed by atoms with van der Waals surface area (Å²) in [5, 5.41) is 2.85. The largest absolute Gasteiger partial charge is 0.448 e. The Balaban J connectivity index is 3.51. The van der Waals surface area contributed by atoms with Crippen LogP contribution in [0.25, 0.3) is 0 Å². The van der Waals surface area contributed by atoms with Crippen LogP contribution < -0.4 is 11.1 Å². The second-order valence-corrected chi connectivity index (χ2v) is 3.44. The minimum Gasteiger partial charge on any atom is -0.448 e. The van der Waals surface area contributed by atoms with E-state index in [0.717, 1.165) is 0 Å². The molecule has 0 aromatic heterocycles. The number of hydrogen-bond acceptors (Lipinski definition) is 4. The zero-order valence-electron chi connectivity index (χ0n) is 9.45. The van der Waals surface area contributed by atoms with E-state index in [0.29, 0.717) is 6.54 Å². The molecule has 0 spiro atoms. The van der Waals surface area contributed by atoms with E-state index in [-0.39, 0.29) is 25.1 Å². The van der Waals surface area contributed by atoms with Gasteiger partial charge in [-0.3, -0.25) is 4.79 Å². The summed E-state index contributed by atoms with van der Waals surface area (Å²) in [7, 11) is 1.74. The SMILES string of the molecule is CC(C)N(C)C(=O)CNCCOC(N)=O. The number of carbonyl (C=O) groups is 2. The van der Waals surface area contributed by atoms with Gasteiger partial charge >= 0.3 is 6.09 Å². The lowest BCUT2D eigenvalue weighted by atomic mass is 10.3. The van der Waals surface area contributed by atoms with Crippen LogP contribution in [-0.2, 0) is 9.53 Å². The Morgan fingerprint density at radius 2 is 2.07 bits per heavy atom. The molecule has 2 amide bonds. The molecular weight excluding hydrogens is 198 g/mol. The van der Waals surface area contributed by atoms with Gasteiger partial charge < -0.3 is 20.7 Å². The topological polar surface area (TPSA) is 84.7 Å². The molecule has 0 unspecified atom stereocenters. The van der Waals surface area contributed by atoms with Gasteiger partial charge in [0.05, 0.1) is 6.54 Å². The highest BCUT2D eigenvalue weighted by molar-refractivity contribution is 5.78. The van der Waals surface area contributed by atoms with Gasteiger partial charge in [0.2, 0.25) is 5.91 Å². The molecule has 0 saturated carbocycles. The minimum absolute atomic E-state index is 0.00377. The number of nitrogens with one attached hydrogen (secondary N) is 1. The molecule has 0 aromatic rings. The van der Waals surface area contributed by atoms with E-state index in [4.69, 9.17) is 5.73 Å². The Morgan fingerprint density at radius 1 is 1.47 bits per heavy atom. The van der Waals surface area contributed by atoms with Crippen molar-refractivity contribution in [3.8, 4) is 0 Å². The van der Waals surface area contributed by atoms with Crippen LogP contribution in [0.4, 0.5) is 4.79 Å². The summed E-state index contributed by atoms with van der Waals surface area (Å²) in [6.07, 6.45) is -0.803. The lowest BCUT2D eigenvalue weighted by Gasteiger charge is -2.21. The number of carbonyl (C=O) groups excluding carboxylic acids is 2. The van der Waals surface area contributed by atoms with Crippen LogP contribution in [0.2, 0.25) is 0 Å². The summed E-state index contributed by atoms with van der Waals surface area (Å²) >= 11 is 0. The van der Waals surface area contributed by atoms with Crippen LogP contribution in [0.5, 0.6) is 0 Å². The molecule has 3 N–H and O–H groups in total. The van der Waals surface area contributed by atoms with Gasteiger partial charge in [0.1, 0.15) is 6.61 Å². The zero-order valence-corrected chi connectivity index (χ0v) is 9.45. The maximum atomic E-state index is 11.4. The minimum atomic E-state index is -0.803. The van der Waals surface area contributed by atoms with Gasteiger partial charge in [-0.2, -0.15) is 0 Å². The Kier molecular flexibility index (Phi) is 6.44. The van der Waals surface area contributed by atoms with Gasteiger partial charge in [0.15, 0.2) is 0 Å². The molecule has 0 aromatic carbocycles. The first kappa shape index (κ1) is 13.7. The first-order valence-corrected chi connectivity index (χ1v) is 4.83. The number of likely N-dealkylation sites (N-methyl/N-ethyl adjacent to an activating group) is 1. The van der Waals surface area contributed by atoms with Crippen molar-refractivity contribution in [2.75, 3.05) is 26.7 Å². The molecule has 6 nitrogen and oxygen atoms in total. The van der Waals surface area contributed by atoms with Gasteiger partial charge in [-0.05, 0) is 13.8 Å². The molecule has 0 aliphatic rings. The van der Waals surface area contributed by atoms with E-state index < -0.39 is 6.09 Å². The third-order valence-electron chi connectivity index (χ3n) is 1.97. The molecule has 0 atom stereocenters. The summed E-state index contributed by atoms with van der Waals surface area (Å²) in [5.41, 5.74) is 4.76. The van der Waals surface area contributed by atoms with Crippen molar-refractivity contribution in [1.29, 1.82) is 0 Å². The highest BCUT2D eigenvalue weighted by Crippen LogP contribution is 1.92. The van der Waals surface area contributed by atoms with Crippen LogP contribution in [0.1, 0.15) is 13.8 Å². The van der Waals surface area contributed by atoms with Crippen molar-refractivity contribution in [2.24, 2.45) is 5.73 Å². The molecule has 0 rings (SSSR count). The standard InChI is InChI=1S/C9H19N3O3/c1-7(2)12(3)8(13)6-11-4-5-15-9(10)14/h7,11H,4-6H2,1-3H3,(H2,10,14). The van der Waals surface area contributed by atoms with Crippen LogP contribution in [0.3, 0.4) is 0 Å². The van der Waals surface area contributed by atoms with Crippen molar-refractivity contribution in [2.45, 2.75) is 19.9 Å². The van der Waals surface area contributed by atoms with Gasteiger partial charge in [0.25, 0.3) is 0 Å². The maximum absolute atomic E-state index is 11.4. The monoisotopic (exact) mass is 217 g/mol. The van der Waals surface area contributed by atoms with Crippen LogP contribution in [-0.4, -0.2) is 49.7 Å². The molecule has 0 bridgehead atoms. The van der Waals surface area contributed by atoms with Crippen molar-refractivity contribution in [3.63, 3.8) is 0 Å². The molecule has 6 heteroatoms. The van der Waals surface area contributed by atoms with E-state index in [1.165, 1.54) is 0 Å². The van der Waals surface area contributed by atoms with E-state index in [2.05, 4.69) is 10.1 Å². The molecule has 15 heavy (non-hydrogen) atoms. The summed E-state index contributed by atoms with van der Waals surface area (Å²) < 4.78 is 4.48. The van der Waals surface area contributed by atoms with Crippen LogP contribution >= 0.6 is 0 Å². The molecule has 0 aliphatic heterocycles. The normalized spacial score (nSPS) is 10.1. The van der Waals surface area contributed by atoms with E-state index in [1.807, 2.05) is 13.8 Å². The fraction of sp³-hybridized carbons (Fsp3) is 0.778. The Labute approximate surface area is 89.7 Å². The highest BCUT2D eigenvalue weighted by atomic mass is 16.5. The van der Waals surface area contributed by atoms with Crippen molar-refractivity contribution < 1.29 is 14.3 Å². The fourth-order valence-electron chi connectivity index (χ4n) is 0.832. The summed E-state index contributed by atoms with van der Waals surface area (Å²) in [6, 6.07) is 0.182. The zero-order chi connectivity index (χ0) is 11.8. The highest BCUT2D eigenvalue weighted by Gasteiger charge is 2.10. The summed E-state index contributed by atoms with van der Waals surface area (Å²) in [6.45, 7) is 4.70. The predicted molar refractivity (Wildman–Crippen MR) is 56.3 cm³/mol. The molecular formula is C9H19N3O3. The number of hydrogen-bond donors (Lipinski definition) is 2. The average molecular weight is 217 g/mol. The molecule has 0 saturated heterocycles. The molecule has 0 heterocycles. The maximum Gasteiger partial charge on any atom is 0.404 e. The first-order valence-electron chi connectivity index (χ1n) is 4.83. The molecule has 0 fully saturated rings. The predicted octanol–water partition coefficient (Wildman–Crippen LogP) is -0.462. The van der Waals surface area contributed by atoms with Crippen LogP contribution in [0, 0.1) is 0 Å². The number of rotatable bonds is 6. The van der Waals surface area contributed by atoms with E-state index in [9.17, 15) is 9.59 Å². The van der Waals surface area contributed by atoms with Gasteiger partial charge in [-0.15, -0.1) is 0 Å². The third-order valence-corrected chi connectivity index (χ3v) is 1.97. The van der Waals surface area contributed by atoms with E-state index in [1.54, 1.807) is 11.9 Å². The second-order valence-electron chi connectivity index (χ2n) is 3.44. The fourth-order valence-corrected chi connectivity index (χ4v) is 0.832. The summed E-state index contributed by atoms with van der Waals surface area (Å²) in [5.74, 6) is 0.00377. The Bertz CT molecular complexity index is 219. The number of primary amides is 1. The van der Waals surface area contributed by atoms with Crippen molar-refractivity contribution >= 4 is 12.0 Å². The number of nitrogens with two attached hydrogens (primary N) is 1. The number of ether oxygens (including phenoxy) is 1. The Morgan fingerprint density at radius 3 is 2.53 bits per heavy atom. The number of nitrogens with zero attached hydrogens (tertiary/aromatic N) is 1. The lowest BCUT2D eigenvalue weighted by Crippen LogP contribution is -2.40. The Hall–Kier alpha value is -1.30. The van der Waals surface area contributed by atoms with Gasteiger partial charge in [0, 0.05) is 19.6 Å².